The molecule has 2 heterocycles. The Hall–Kier alpha value is -1.90. The highest BCUT2D eigenvalue weighted by atomic mass is 16.5. The summed E-state index contributed by atoms with van der Waals surface area (Å²) in [6.45, 7) is 2.24. The van der Waals surface area contributed by atoms with Gasteiger partial charge in [0, 0.05) is 31.3 Å². The van der Waals surface area contributed by atoms with Crippen LogP contribution in [0.2, 0.25) is 0 Å². The third kappa shape index (κ3) is 3.45. The monoisotopic (exact) mass is 327 g/mol. The predicted octanol–water partition coefficient (Wildman–Crippen LogP) is 2.27. The van der Waals surface area contributed by atoms with Gasteiger partial charge in [-0.05, 0) is 58.0 Å². The average molecular weight is 327 g/mol. The molecular weight excluding hydrogens is 302 g/mol. The van der Waals surface area contributed by atoms with Crippen LogP contribution in [0.3, 0.4) is 0 Å². The highest BCUT2D eigenvalue weighted by Gasteiger charge is 2.41. The minimum Gasteiger partial charge on any atom is -0.375 e. The molecule has 1 unspecified atom stereocenters. The number of hydrogen-bond donors (Lipinski definition) is 0. The molecule has 0 bridgehead atoms. The third-order valence-electron chi connectivity index (χ3n) is 5.40. The number of carbonyl (C=O) groups excluding carboxylic acids is 1. The van der Waals surface area contributed by atoms with Gasteiger partial charge >= 0.3 is 0 Å². The molecule has 128 valence electrons. The molecule has 2 aliphatic rings. The Labute approximate surface area is 143 Å². The van der Waals surface area contributed by atoms with Crippen molar-refractivity contribution in [2.24, 2.45) is 0 Å². The number of rotatable bonds is 2. The summed E-state index contributed by atoms with van der Waals surface area (Å²) >= 11 is 0. The van der Waals surface area contributed by atoms with Crippen molar-refractivity contribution in [2.75, 3.05) is 33.8 Å². The Morgan fingerprint density at radius 3 is 2.79 bits per heavy atom. The van der Waals surface area contributed by atoms with E-state index in [4.69, 9.17) is 10.00 Å². The van der Waals surface area contributed by atoms with Crippen LogP contribution in [0.5, 0.6) is 0 Å². The Morgan fingerprint density at radius 1 is 1.38 bits per heavy atom. The molecule has 5 heteroatoms. The van der Waals surface area contributed by atoms with E-state index in [2.05, 4.69) is 25.1 Å². The van der Waals surface area contributed by atoms with Crippen molar-refractivity contribution in [1.82, 2.24) is 9.80 Å². The van der Waals surface area contributed by atoms with Gasteiger partial charge in [-0.3, -0.25) is 4.79 Å². The van der Waals surface area contributed by atoms with Crippen LogP contribution >= 0.6 is 0 Å². The molecule has 0 aromatic heterocycles. The number of benzene rings is 1. The van der Waals surface area contributed by atoms with Crippen LogP contribution in [0.25, 0.3) is 0 Å². The van der Waals surface area contributed by atoms with Crippen molar-refractivity contribution in [3.8, 4) is 6.07 Å². The number of amides is 1. The Kier molecular flexibility index (Phi) is 4.88. The van der Waals surface area contributed by atoms with Crippen molar-refractivity contribution < 1.29 is 9.53 Å². The summed E-state index contributed by atoms with van der Waals surface area (Å²) in [6, 6.07) is 9.60. The topological polar surface area (TPSA) is 56.6 Å². The van der Waals surface area contributed by atoms with Gasteiger partial charge in [-0.15, -0.1) is 0 Å². The zero-order valence-electron chi connectivity index (χ0n) is 14.5. The maximum absolute atomic E-state index is 12.7. The molecule has 2 saturated heterocycles. The summed E-state index contributed by atoms with van der Waals surface area (Å²) in [7, 11) is 4.26. The van der Waals surface area contributed by atoms with E-state index in [0.29, 0.717) is 17.2 Å². The lowest BCUT2D eigenvalue weighted by atomic mass is 9.82. The van der Waals surface area contributed by atoms with E-state index >= 15 is 0 Å². The van der Waals surface area contributed by atoms with Gasteiger partial charge in [0.1, 0.15) is 0 Å². The number of likely N-dealkylation sites (tertiary alicyclic amines) is 1. The molecule has 2 fully saturated rings. The summed E-state index contributed by atoms with van der Waals surface area (Å²) in [5.74, 6) is 0.0157. The third-order valence-corrected chi connectivity index (χ3v) is 5.40. The minimum atomic E-state index is -0.0710. The average Bonchev–Trinajstić information content (AvgIpc) is 2.62. The fourth-order valence-electron chi connectivity index (χ4n) is 3.81. The first-order valence-electron chi connectivity index (χ1n) is 8.63. The van der Waals surface area contributed by atoms with Crippen molar-refractivity contribution >= 4 is 5.91 Å². The van der Waals surface area contributed by atoms with Gasteiger partial charge < -0.3 is 14.5 Å². The molecule has 1 amide bonds. The van der Waals surface area contributed by atoms with Gasteiger partial charge in [0.05, 0.1) is 17.2 Å². The van der Waals surface area contributed by atoms with E-state index in [1.165, 1.54) is 0 Å². The van der Waals surface area contributed by atoms with Gasteiger partial charge in [-0.1, -0.05) is 6.07 Å². The SMILES string of the molecule is CN(C)C1CCOC2(CCN(C(=O)c3cccc(C#N)c3)CC2)C1. The fourth-order valence-corrected chi connectivity index (χ4v) is 3.81. The lowest BCUT2D eigenvalue weighted by Gasteiger charge is -2.47. The molecule has 0 radical (unpaired) electrons. The number of hydrogen-bond acceptors (Lipinski definition) is 4. The highest BCUT2D eigenvalue weighted by Crippen LogP contribution is 2.36. The quantitative estimate of drug-likeness (QED) is 0.836. The molecule has 1 spiro atoms. The Morgan fingerprint density at radius 2 is 2.12 bits per heavy atom. The molecular formula is C19H25N3O2. The van der Waals surface area contributed by atoms with E-state index in [1.807, 2.05) is 4.90 Å². The smallest absolute Gasteiger partial charge is 0.253 e. The molecule has 1 aromatic carbocycles. The zero-order valence-corrected chi connectivity index (χ0v) is 14.5. The van der Waals surface area contributed by atoms with E-state index in [1.54, 1.807) is 24.3 Å². The molecule has 1 atom stereocenters. The van der Waals surface area contributed by atoms with Gasteiger partial charge in [0.15, 0.2) is 0 Å². The summed E-state index contributed by atoms with van der Waals surface area (Å²) < 4.78 is 6.15. The van der Waals surface area contributed by atoms with E-state index in [-0.39, 0.29) is 11.5 Å². The summed E-state index contributed by atoms with van der Waals surface area (Å²) in [5.41, 5.74) is 1.05. The van der Waals surface area contributed by atoms with Crippen molar-refractivity contribution in [1.29, 1.82) is 5.26 Å². The first kappa shape index (κ1) is 16.9. The second kappa shape index (κ2) is 6.92. The second-order valence-electron chi connectivity index (χ2n) is 7.13. The molecule has 1 aromatic rings. The number of ether oxygens (including phenoxy) is 1. The van der Waals surface area contributed by atoms with Gasteiger partial charge in [0.2, 0.25) is 0 Å². The van der Waals surface area contributed by atoms with Crippen LogP contribution < -0.4 is 0 Å². The van der Waals surface area contributed by atoms with Gasteiger partial charge in [0.25, 0.3) is 5.91 Å². The van der Waals surface area contributed by atoms with Crippen LogP contribution in [-0.4, -0.2) is 61.1 Å². The molecule has 3 rings (SSSR count). The van der Waals surface area contributed by atoms with Gasteiger partial charge in [-0.2, -0.15) is 5.26 Å². The molecule has 0 saturated carbocycles. The van der Waals surface area contributed by atoms with Crippen LogP contribution in [-0.2, 0) is 4.74 Å². The lowest BCUT2D eigenvalue weighted by molar-refractivity contribution is -0.125. The second-order valence-corrected chi connectivity index (χ2v) is 7.13. The number of piperidine rings is 1. The van der Waals surface area contributed by atoms with Crippen molar-refractivity contribution in [3.05, 3.63) is 35.4 Å². The van der Waals surface area contributed by atoms with Crippen LogP contribution in [0.15, 0.2) is 24.3 Å². The van der Waals surface area contributed by atoms with E-state index in [9.17, 15) is 4.79 Å². The zero-order chi connectivity index (χ0) is 17.2. The standard InChI is InChI=1S/C19H25N3O2/c1-21(2)17-6-11-24-19(13-17)7-9-22(10-8-19)18(23)16-5-3-4-15(12-16)14-20/h3-5,12,17H,6-11,13H2,1-2H3. The molecule has 24 heavy (non-hydrogen) atoms. The van der Waals surface area contributed by atoms with Crippen molar-refractivity contribution in [2.45, 2.75) is 37.3 Å². The highest BCUT2D eigenvalue weighted by molar-refractivity contribution is 5.94. The number of carbonyl (C=O) groups is 1. The van der Waals surface area contributed by atoms with Crippen LogP contribution in [0.4, 0.5) is 0 Å². The minimum absolute atomic E-state index is 0.0157. The normalized spacial score (nSPS) is 23.2. The van der Waals surface area contributed by atoms with Crippen LogP contribution in [0, 0.1) is 11.3 Å². The lowest BCUT2D eigenvalue weighted by Crippen LogP contribution is -2.53. The molecule has 5 nitrogen and oxygen atoms in total. The maximum Gasteiger partial charge on any atom is 0.253 e. The summed E-state index contributed by atoms with van der Waals surface area (Å²) in [4.78, 5) is 16.9. The largest absolute Gasteiger partial charge is 0.375 e. The summed E-state index contributed by atoms with van der Waals surface area (Å²) in [6.07, 6.45) is 3.91. The maximum atomic E-state index is 12.7. The molecule has 0 N–H and O–H groups in total. The number of nitrogens with zero attached hydrogens (tertiary/aromatic N) is 3. The molecule has 0 aliphatic carbocycles. The summed E-state index contributed by atoms with van der Waals surface area (Å²) in [5, 5.41) is 8.99. The predicted molar refractivity (Wildman–Crippen MR) is 91.7 cm³/mol. The molecule has 2 aliphatic heterocycles. The van der Waals surface area contributed by atoms with Crippen molar-refractivity contribution in [3.63, 3.8) is 0 Å². The number of nitriles is 1. The van der Waals surface area contributed by atoms with E-state index < -0.39 is 0 Å². The first-order chi connectivity index (χ1) is 11.5. The Bertz CT molecular complexity index is 642. The Balaban J connectivity index is 1.64. The van der Waals surface area contributed by atoms with Gasteiger partial charge in [-0.25, -0.2) is 0 Å². The fraction of sp³-hybridized carbons (Fsp3) is 0.579. The van der Waals surface area contributed by atoms with Crippen LogP contribution in [0.1, 0.15) is 41.6 Å². The first-order valence-corrected chi connectivity index (χ1v) is 8.63. The van der Waals surface area contributed by atoms with E-state index in [0.717, 1.165) is 45.4 Å².